The van der Waals surface area contributed by atoms with Crippen LogP contribution in [0.4, 0.5) is 5.82 Å². The number of piperidine rings is 1. The van der Waals surface area contributed by atoms with Crippen LogP contribution in [0.5, 0.6) is 5.75 Å². The van der Waals surface area contributed by atoms with Crippen molar-refractivity contribution in [2.75, 3.05) is 24.6 Å². The number of aryl methyl sites for hydroxylation is 2. The van der Waals surface area contributed by atoms with Crippen LogP contribution in [-0.2, 0) is 4.74 Å². The molecule has 1 aromatic carbocycles. The summed E-state index contributed by atoms with van der Waals surface area (Å²) in [7, 11) is 0. The standard InChI is InChI=1S/C22H24ClN3O4/c1-4-29-21(28)16-12-24-14(3)25-20(16)26-7-5-22(6-8-26)11-18(27)15-10-17(23)13(2)9-19(15)30-22/h9-10,12H,4-8,11H2,1-3H3. The van der Waals surface area contributed by atoms with Gasteiger partial charge in [-0.25, -0.2) is 14.8 Å². The van der Waals surface area contributed by atoms with Crippen molar-refractivity contribution >= 4 is 29.2 Å². The molecule has 3 heterocycles. The fraction of sp³-hybridized carbons (Fsp3) is 0.455. The molecule has 2 aliphatic heterocycles. The lowest BCUT2D eigenvalue weighted by Crippen LogP contribution is -2.51. The Morgan fingerprint density at radius 3 is 2.73 bits per heavy atom. The van der Waals surface area contributed by atoms with E-state index in [2.05, 4.69) is 9.97 Å². The Morgan fingerprint density at radius 2 is 2.03 bits per heavy atom. The summed E-state index contributed by atoms with van der Waals surface area (Å²) in [5.74, 6) is 1.38. The predicted octanol–water partition coefficient (Wildman–Crippen LogP) is 3.93. The Hall–Kier alpha value is -2.67. The monoisotopic (exact) mass is 429 g/mol. The number of fused-ring (bicyclic) bond motifs is 1. The molecule has 0 aliphatic carbocycles. The first-order valence-corrected chi connectivity index (χ1v) is 10.5. The number of ether oxygens (including phenoxy) is 2. The molecule has 0 N–H and O–H groups in total. The van der Waals surface area contributed by atoms with E-state index in [0.29, 0.717) is 65.9 Å². The lowest BCUT2D eigenvalue weighted by Gasteiger charge is -2.44. The van der Waals surface area contributed by atoms with Crippen molar-refractivity contribution in [1.29, 1.82) is 0 Å². The molecule has 7 nitrogen and oxygen atoms in total. The Balaban J connectivity index is 1.56. The summed E-state index contributed by atoms with van der Waals surface area (Å²) < 4.78 is 11.5. The van der Waals surface area contributed by atoms with E-state index in [1.165, 1.54) is 6.20 Å². The Bertz CT molecular complexity index is 1020. The second kappa shape index (κ2) is 7.87. The number of carbonyl (C=O) groups is 2. The van der Waals surface area contributed by atoms with E-state index in [9.17, 15) is 9.59 Å². The Labute approximate surface area is 180 Å². The maximum absolute atomic E-state index is 12.8. The minimum Gasteiger partial charge on any atom is -0.486 e. The average molecular weight is 430 g/mol. The lowest BCUT2D eigenvalue weighted by atomic mass is 9.82. The third kappa shape index (κ3) is 3.74. The van der Waals surface area contributed by atoms with E-state index in [1.54, 1.807) is 19.9 Å². The molecule has 1 fully saturated rings. The number of nitrogens with zero attached hydrogens (tertiary/aromatic N) is 3. The van der Waals surface area contributed by atoms with Gasteiger partial charge in [-0.2, -0.15) is 0 Å². The van der Waals surface area contributed by atoms with Gasteiger partial charge in [0, 0.05) is 37.2 Å². The minimum absolute atomic E-state index is 0.0525. The maximum atomic E-state index is 12.8. The van der Waals surface area contributed by atoms with Gasteiger partial charge >= 0.3 is 5.97 Å². The first-order chi connectivity index (χ1) is 14.3. The largest absolute Gasteiger partial charge is 0.486 e. The van der Waals surface area contributed by atoms with E-state index in [-0.39, 0.29) is 12.4 Å². The van der Waals surface area contributed by atoms with Gasteiger partial charge in [0.25, 0.3) is 0 Å². The van der Waals surface area contributed by atoms with Gasteiger partial charge in [-0.3, -0.25) is 4.79 Å². The quantitative estimate of drug-likeness (QED) is 0.683. The van der Waals surface area contributed by atoms with Crippen LogP contribution in [0.15, 0.2) is 18.3 Å². The first kappa shape index (κ1) is 20.6. The molecule has 158 valence electrons. The van der Waals surface area contributed by atoms with E-state index in [1.807, 2.05) is 17.9 Å². The molecular weight excluding hydrogens is 406 g/mol. The normalized spacial score (nSPS) is 17.5. The zero-order valence-electron chi connectivity index (χ0n) is 17.3. The lowest BCUT2D eigenvalue weighted by molar-refractivity contribution is 0.0230. The highest BCUT2D eigenvalue weighted by molar-refractivity contribution is 6.31. The Morgan fingerprint density at radius 1 is 1.30 bits per heavy atom. The van der Waals surface area contributed by atoms with Crippen molar-refractivity contribution < 1.29 is 19.1 Å². The third-order valence-corrected chi connectivity index (χ3v) is 6.14. The van der Waals surface area contributed by atoms with Crippen LogP contribution in [0.1, 0.15) is 58.3 Å². The third-order valence-electron chi connectivity index (χ3n) is 5.73. The predicted molar refractivity (Wildman–Crippen MR) is 113 cm³/mol. The zero-order valence-corrected chi connectivity index (χ0v) is 18.1. The fourth-order valence-corrected chi connectivity index (χ4v) is 4.24. The molecule has 1 saturated heterocycles. The van der Waals surface area contributed by atoms with E-state index in [4.69, 9.17) is 21.1 Å². The highest BCUT2D eigenvalue weighted by Gasteiger charge is 2.43. The molecule has 0 saturated carbocycles. The second-order valence-electron chi connectivity index (χ2n) is 7.84. The SMILES string of the molecule is CCOC(=O)c1cnc(C)nc1N1CCC2(CC1)CC(=O)c1cc(Cl)c(C)cc1O2. The van der Waals surface area contributed by atoms with E-state index in [0.717, 1.165) is 5.56 Å². The highest BCUT2D eigenvalue weighted by atomic mass is 35.5. The first-order valence-electron chi connectivity index (χ1n) is 10.1. The van der Waals surface area contributed by atoms with Crippen molar-refractivity contribution in [3.63, 3.8) is 0 Å². The van der Waals surface area contributed by atoms with Crippen LogP contribution in [-0.4, -0.2) is 47.0 Å². The molecular formula is C22H24ClN3O4. The minimum atomic E-state index is -0.549. The number of halogens is 1. The molecule has 2 aliphatic rings. The number of hydrogen-bond donors (Lipinski definition) is 0. The number of hydrogen-bond acceptors (Lipinski definition) is 7. The van der Waals surface area contributed by atoms with Crippen LogP contribution < -0.4 is 9.64 Å². The van der Waals surface area contributed by atoms with Crippen molar-refractivity contribution in [3.8, 4) is 5.75 Å². The summed E-state index contributed by atoms with van der Waals surface area (Å²) in [5.41, 5.74) is 1.24. The number of aromatic nitrogens is 2. The number of rotatable bonds is 3. The number of ketones is 1. The van der Waals surface area contributed by atoms with Crippen LogP contribution >= 0.6 is 11.6 Å². The van der Waals surface area contributed by atoms with Crippen LogP contribution in [0.2, 0.25) is 5.02 Å². The summed E-state index contributed by atoms with van der Waals surface area (Å²) in [6, 6.07) is 3.54. The average Bonchev–Trinajstić information content (AvgIpc) is 2.70. The molecule has 0 atom stereocenters. The number of esters is 1. The van der Waals surface area contributed by atoms with Crippen LogP contribution in [0, 0.1) is 13.8 Å². The molecule has 4 rings (SSSR count). The molecule has 0 unspecified atom stereocenters. The number of anilines is 1. The topological polar surface area (TPSA) is 81.6 Å². The number of benzene rings is 1. The van der Waals surface area contributed by atoms with Gasteiger partial charge in [0.15, 0.2) is 5.78 Å². The van der Waals surface area contributed by atoms with Crippen LogP contribution in [0.3, 0.4) is 0 Å². The second-order valence-corrected chi connectivity index (χ2v) is 8.25. The highest BCUT2D eigenvalue weighted by Crippen LogP contribution is 2.41. The van der Waals surface area contributed by atoms with Gasteiger partial charge in [-0.15, -0.1) is 0 Å². The van der Waals surface area contributed by atoms with Crippen molar-refractivity contribution in [2.45, 2.75) is 45.6 Å². The molecule has 0 amide bonds. The van der Waals surface area contributed by atoms with Crippen molar-refractivity contribution in [3.05, 3.63) is 45.9 Å². The summed E-state index contributed by atoms with van der Waals surface area (Å²) in [6.45, 7) is 6.96. The number of carbonyl (C=O) groups excluding carboxylic acids is 2. The zero-order chi connectivity index (χ0) is 21.5. The molecule has 1 spiro atoms. The van der Waals surface area contributed by atoms with E-state index >= 15 is 0 Å². The van der Waals surface area contributed by atoms with Gasteiger partial charge in [-0.05, 0) is 38.5 Å². The maximum Gasteiger partial charge on any atom is 0.343 e. The summed E-state index contributed by atoms with van der Waals surface area (Å²) in [5, 5.41) is 0.571. The van der Waals surface area contributed by atoms with Crippen molar-refractivity contribution in [2.24, 2.45) is 0 Å². The van der Waals surface area contributed by atoms with E-state index < -0.39 is 11.6 Å². The van der Waals surface area contributed by atoms with Gasteiger partial charge in [0.05, 0.1) is 18.6 Å². The van der Waals surface area contributed by atoms with Gasteiger partial charge in [0.2, 0.25) is 0 Å². The molecule has 2 aromatic rings. The smallest absolute Gasteiger partial charge is 0.343 e. The van der Waals surface area contributed by atoms with Gasteiger partial charge < -0.3 is 14.4 Å². The number of Topliss-reactive ketones (excluding diaryl/α,β-unsaturated/α-hetero) is 1. The summed E-state index contributed by atoms with van der Waals surface area (Å²) >= 11 is 6.19. The Kier molecular flexibility index (Phi) is 5.40. The van der Waals surface area contributed by atoms with Crippen LogP contribution in [0.25, 0.3) is 0 Å². The molecule has 8 heteroatoms. The molecule has 0 radical (unpaired) electrons. The van der Waals surface area contributed by atoms with Gasteiger partial charge in [-0.1, -0.05) is 11.6 Å². The summed E-state index contributed by atoms with van der Waals surface area (Å²) in [4.78, 5) is 35.8. The molecule has 1 aromatic heterocycles. The van der Waals surface area contributed by atoms with Crippen molar-refractivity contribution in [1.82, 2.24) is 9.97 Å². The summed E-state index contributed by atoms with van der Waals surface area (Å²) in [6.07, 6.45) is 3.13. The molecule has 0 bridgehead atoms. The molecule has 30 heavy (non-hydrogen) atoms. The fourth-order valence-electron chi connectivity index (χ4n) is 4.07. The van der Waals surface area contributed by atoms with Gasteiger partial charge in [0.1, 0.15) is 28.6 Å².